The Morgan fingerprint density at radius 1 is 1.67 bits per heavy atom. The Bertz CT molecular complexity index is 347. The van der Waals surface area contributed by atoms with Crippen LogP contribution in [0.2, 0.25) is 0 Å². The summed E-state index contributed by atoms with van der Waals surface area (Å²) in [5, 5.41) is 3.66. The van der Waals surface area contributed by atoms with E-state index in [1.165, 1.54) is 11.3 Å². The smallest absolute Gasteiger partial charge is 0.183 e. The predicted octanol–water partition coefficient (Wildman–Crippen LogP) is 1.99. The first-order valence-corrected chi connectivity index (χ1v) is 6.76. The molecule has 0 amide bonds. The van der Waals surface area contributed by atoms with Gasteiger partial charge in [0.25, 0.3) is 0 Å². The van der Waals surface area contributed by atoms with Crippen LogP contribution in [-0.2, 0) is 4.74 Å². The minimum absolute atomic E-state index is 0.112. The lowest BCUT2D eigenvalue weighted by Crippen LogP contribution is -2.32. The number of carbonyl (C=O) groups is 1. The Morgan fingerprint density at radius 2 is 2.53 bits per heavy atom. The van der Waals surface area contributed by atoms with Crippen LogP contribution < -0.4 is 5.32 Å². The van der Waals surface area contributed by atoms with Gasteiger partial charge in [0.05, 0.1) is 16.8 Å². The molecular formula is C10H12BrNO2S. The largest absolute Gasteiger partial charge is 0.370 e. The molecule has 1 aromatic heterocycles. The molecule has 1 unspecified atom stereocenters. The maximum atomic E-state index is 11.4. The van der Waals surface area contributed by atoms with E-state index in [1.54, 1.807) is 0 Å². The molecule has 1 fully saturated rings. The molecule has 1 aromatic rings. The van der Waals surface area contributed by atoms with Crippen LogP contribution in [0.1, 0.15) is 20.7 Å². The van der Waals surface area contributed by atoms with Gasteiger partial charge in [-0.25, -0.2) is 0 Å². The van der Waals surface area contributed by atoms with Crippen LogP contribution in [0.5, 0.6) is 0 Å². The Balaban J connectivity index is 2.08. The first kappa shape index (κ1) is 11.3. The number of thiophene rings is 1. The minimum atomic E-state index is 0.112. The molecule has 1 aliphatic heterocycles. The van der Waals surface area contributed by atoms with Gasteiger partial charge in [-0.1, -0.05) is 15.9 Å². The summed E-state index contributed by atoms with van der Waals surface area (Å²) in [7, 11) is 0. The van der Waals surface area contributed by atoms with Crippen molar-refractivity contribution < 1.29 is 9.53 Å². The van der Waals surface area contributed by atoms with E-state index in [2.05, 4.69) is 21.2 Å². The first-order valence-electron chi connectivity index (χ1n) is 4.82. The van der Waals surface area contributed by atoms with Crippen molar-refractivity contribution in [2.45, 2.75) is 6.10 Å². The van der Waals surface area contributed by atoms with Crippen molar-refractivity contribution in [1.29, 1.82) is 0 Å². The number of carbonyl (C=O) groups excluding carboxylic acids is 1. The van der Waals surface area contributed by atoms with E-state index in [4.69, 9.17) is 4.74 Å². The highest BCUT2D eigenvalue weighted by atomic mass is 79.9. The first-order chi connectivity index (χ1) is 7.31. The molecule has 2 heterocycles. The monoisotopic (exact) mass is 289 g/mol. The fraction of sp³-hybridized carbons (Fsp3) is 0.500. The molecule has 0 aliphatic carbocycles. The third-order valence-corrected chi connectivity index (χ3v) is 4.00. The van der Waals surface area contributed by atoms with Gasteiger partial charge < -0.3 is 10.1 Å². The fourth-order valence-corrected chi connectivity index (χ4v) is 2.97. The van der Waals surface area contributed by atoms with Gasteiger partial charge in [0.2, 0.25) is 0 Å². The Hall–Kier alpha value is -0.230. The summed E-state index contributed by atoms with van der Waals surface area (Å²) < 4.78 is 5.62. The average Bonchev–Trinajstić information content (AvgIpc) is 2.78. The summed E-state index contributed by atoms with van der Waals surface area (Å²) in [5.41, 5.74) is 0. The van der Waals surface area contributed by atoms with Crippen molar-refractivity contribution >= 4 is 33.0 Å². The molecule has 1 aliphatic rings. The van der Waals surface area contributed by atoms with E-state index in [9.17, 15) is 4.79 Å². The number of morpholine rings is 1. The number of alkyl halides is 1. The van der Waals surface area contributed by atoms with Crippen LogP contribution in [0.25, 0.3) is 0 Å². The van der Waals surface area contributed by atoms with Crippen molar-refractivity contribution in [3.05, 3.63) is 21.9 Å². The second-order valence-electron chi connectivity index (χ2n) is 3.32. The number of halogens is 1. The van der Waals surface area contributed by atoms with Gasteiger partial charge in [-0.3, -0.25) is 4.79 Å². The minimum Gasteiger partial charge on any atom is -0.370 e. The third kappa shape index (κ3) is 2.66. The zero-order valence-electron chi connectivity index (χ0n) is 8.16. The van der Waals surface area contributed by atoms with E-state index < -0.39 is 0 Å². The number of hydrogen-bond acceptors (Lipinski definition) is 4. The molecular weight excluding hydrogens is 278 g/mol. The number of ketones is 1. The molecule has 3 nitrogen and oxygen atoms in total. The van der Waals surface area contributed by atoms with E-state index >= 15 is 0 Å². The zero-order valence-corrected chi connectivity index (χ0v) is 10.6. The molecule has 1 N–H and O–H groups in total. The highest BCUT2D eigenvalue weighted by molar-refractivity contribution is 9.09. The Labute approximate surface area is 101 Å². The lowest BCUT2D eigenvalue weighted by atomic mass is 10.2. The molecule has 82 valence electrons. The molecule has 0 bridgehead atoms. The van der Waals surface area contributed by atoms with Gasteiger partial charge in [-0.15, -0.1) is 11.3 Å². The fourth-order valence-electron chi connectivity index (χ4n) is 1.49. The van der Waals surface area contributed by atoms with Crippen LogP contribution in [-0.4, -0.2) is 30.8 Å². The summed E-state index contributed by atoms with van der Waals surface area (Å²) in [5.74, 6) is 0.134. The third-order valence-electron chi connectivity index (χ3n) is 2.27. The van der Waals surface area contributed by atoms with Gasteiger partial charge in [0.1, 0.15) is 6.10 Å². The van der Waals surface area contributed by atoms with E-state index in [1.807, 2.05) is 12.1 Å². The maximum absolute atomic E-state index is 11.4. The summed E-state index contributed by atoms with van der Waals surface area (Å²) in [6.45, 7) is 2.49. The number of nitrogens with one attached hydrogen (secondary N) is 1. The van der Waals surface area contributed by atoms with Crippen LogP contribution in [0.3, 0.4) is 0 Å². The lowest BCUT2D eigenvalue weighted by Gasteiger charge is -2.22. The van der Waals surface area contributed by atoms with Crippen molar-refractivity contribution in [3.63, 3.8) is 0 Å². The lowest BCUT2D eigenvalue weighted by molar-refractivity contribution is 0.0299. The van der Waals surface area contributed by atoms with Crippen LogP contribution in [0.4, 0.5) is 0 Å². The summed E-state index contributed by atoms with van der Waals surface area (Å²) >= 11 is 4.70. The van der Waals surface area contributed by atoms with E-state index in [0.717, 1.165) is 29.5 Å². The topological polar surface area (TPSA) is 38.3 Å². The predicted molar refractivity (Wildman–Crippen MR) is 64.0 cm³/mol. The highest BCUT2D eigenvalue weighted by Gasteiger charge is 2.18. The van der Waals surface area contributed by atoms with Crippen LogP contribution in [0.15, 0.2) is 12.1 Å². The molecule has 0 aromatic carbocycles. The van der Waals surface area contributed by atoms with E-state index in [-0.39, 0.29) is 11.9 Å². The summed E-state index contributed by atoms with van der Waals surface area (Å²) in [4.78, 5) is 13.3. The molecule has 15 heavy (non-hydrogen) atoms. The molecule has 0 radical (unpaired) electrons. The standard InChI is InChI=1S/C10H12BrNO2S/c11-5-7(13)9-1-2-10(15-9)8-6-12-3-4-14-8/h1-2,8,12H,3-6H2. The summed E-state index contributed by atoms with van der Waals surface area (Å²) in [6.07, 6.45) is 0.112. The van der Waals surface area contributed by atoms with Crippen molar-refractivity contribution in [1.82, 2.24) is 5.32 Å². The van der Waals surface area contributed by atoms with Crippen molar-refractivity contribution in [3.8, 4) is 0 Å². The number of hydrogen-bond donors (Lipinski definition) is 1. The highest BCUT2D eigenvalue weighted by Crippen LogP contribution is 2.27. The number of rotatable bonds is 3. The normalized spacial score (nSPS) is 21.5. The molecule has 5 heteroatoms. The second-order valence-corrected chi connectivity index (χ2v) is 5.00. The second kappa shape index (κ2) is 5.21. The van der Waals surface area contributed by atoms with Crippen LogP contribution in [0, 0.1) is 0 Å². The molecule has 0 spiro atoms. The SMILES string of the molecule is O=C(CBr)c1ccc(C2CNCCO2)s1. The number of ether oxygens (including phenoxy) is 1. The Morgan fingerprint density at radius 3 is 3.20 bits per heavy atom. The van der Waals surface area contributed by atoms with E-state index in [0.29, 0.717) is 5.33 Å². The van der Waals surface area contributed by atoms with Gasteiger partial charge in [-0.05, 0) is 12.1 Å². The molecule has 1 saturated heterocycles. The average molecular weight is 290 g/mol. The van der Waals surface area contributed by atoms with Crippen molar-refractivity contribution in [2.24, 2.45) is 0 Å². The van der Waals surface area contributed by atoms with Gasteiger partial charge >= 0.3 is 0 Å². The molecule has 2 rings (SSSR count). The molecule has 1 atom stereocenters. The maximum Gasteiger partial charge on any atom is 0.183 e. The van der Waals surface area contributed by atoms with Gasteiger partial charge in [0.15, 0.2) is 5.78 Å². The van der Waals surface area contributed by atoms with Crippen LogP contribution >= 0.6 is 27.3 Å². The number of Topliss-reactive ketones (excluding diaryl/α,β-unsaturated/α-hetero) is 1. The summed E-state index contributed by atoms with van der Waals surface area (Å²) in [6, 6.07) is 3.86. The zero-order chi connectivity index (χ0) is 10.7. The molecule has 0 saturated carbocycles. The van der Waals surface area contributed by atoms with Gasteiger partial charge in [-0.2, -0.15) is 0 Å². The quantitative estimate of drug-likeness (QED) is 0.683. The Kier molecular flexibility index (Phi) is 3.91. The van der Waals surface area contributed by atoms with Gasteiger partial charge in [0, 0.05) is 18.0 Å². The van der Waals surface area contributed by atoms with Crippen molar-refractivity contribution in [2.75, 3.05) is 25.0 Å².